The van der Waals surface area contributed by atoms with Gasteiger partial charge in [0.15, 0.2) is 5.11 Å². The molecule has 3 aliphatic rings. The molecule has 1 saturated heterocycles. The Bertz CT molecular complexity index is 793. The van der Waals surface area contributed by atoms with Gasteiger partial charge in [-0.1, -0.05) is 28.4 Å². The molecule has 2 saturated carbocycles. The maximum absolute atomic E-state index is 12.8. The molecule has 0 spiro atoms. The Balaban J connectivity index is 1.34. The lowest BCUT2D eigenvalue weighted by Crippen LogP contribution is -2.54. The normalized spacial score (nSPS) is 29.1. The van der Waals surface area contributed by atoms with Crippen molar-refractivity contribution in [2.45, 2.75) is 36.6 Å². The summed E-state index contributed by atoms with van der Waals surface area (Å²) in [5.74, 6) is 1.66. The number of hydrogen-bond donors (Lipinski definition) is 1. The molecule has 3 atom stereocenters. The van der Waals surface area contributed by atoms with Gasteiger partial charge in [0.05, 0.1) is 4.90 Å². The minimum absolute atomic E-state index is 0.336. The fourth-order valence-corrected chi connectivity index (χ4v) is 6.93. The average molecular weight is 458 g/mol. The Kier molecular flexibility index (Phi) is 5.29. The van der Waals surface area contributed by atoms with E-state index in [9.17, 15) is 8.42 Å². The standard InChI is InChI=1S/C18H24BrN3O2S2/c19-15-2-1-3-16(12-15)26(23,24)22-8-6-21(7-9-22)18(25)20-17-11-13-4-5-14(17)10-13/h1-3,12-14,17H,4-11H2,(H,20,25). The quantitative estimate of drug-likeness (QED) is 0.707. The van der Waals surface area contributed by atoms with Crippen molar-refractivity contribution >= 4 is 43.3 Å². The van der Waals surface area contributed by atoms with Crippen LogP contribution in [0.4, 0.5) is 0 Å². The number of nitrogens with one attached hydrogen (secondary N) is 1. The number of sulfonamides is 1. The van der Waals surface area contributed by atoms with Gasteiger partial charge in [0, 0.05) is 36.7 Å². The van der Waals surface area contributed by atoms with Crippen LogP contribution < -0.4 is 5.32 Å². The molecule has 3 unspecified atom stereocenters. The van der Waals surface area contributed by atoms with Gasteiger partial charge in [-0.25, -0.2) is 8.42 Å². The second-order valence-electron chi connectivity index (χ2n) is 7.58. The Morgan fingerprint density at radius 3 is 2.54 bits per heavy atom. The van der Waals surface area contributed by atoms with Crippen LogP contribution in [0.15, 0.2) is 33.6 Å². The van der Waals surface area contributed by atoms with Gasteiger partial charge >= 0.3 is 0 Å². The summed E-state index contributed by atoms with van der Waals surface area (Å²) in [5, 5.41) is 4.35. The highest BCUT2D eigenvalue weighted by Crippen LogP contribution is 2.44. The molecule has 2 aliphatic carbocycles. The van der Waals surface area contributed by atoms with E-state index in [4.69, 9.17) is 12.2 Å². The highest BCUT2D eigenvalue weighted by Gasteiger charge is 2.40. The van der Waals surface area contributed by atoms with Crippen molar-refractivity contribution in [3.8, 4) is 0 Å². The Hall–Kier alpha value is -0.700. The molecule has 26 heavy (non-hydrogen) atoms. The molecule has 0 radical (unpaired) electrons. The van der Waals surface area contributed by atoms with Gasteiger partial charge in [-0.3, -0.25) is 0 Å². The lowest BCUT2D eigenvalue weighted by Gasteiger charge is -2.37. The van der Waals surface area contributed by atoms with Gasteiger partial charge in [0.1, 0.15) is 0 Å². The van der Waals surface area contributed by atoms with Crippen LogP contribution in [0.2, 0.25) is 0 Å². The fraction of sp³-hybridized carbons (Fsp3) is 0.611. The van der Waals surface area contributed by atoms with Crippen LogP contribution in [0.25, 0.3) is 0 Å². The molecule has 1 aromatic carbocycles. The van der Waals surface area contributed by atoms with E-state index in [1.54, 1.807) is 22.5 Å². The van der Waals surface area contributed by atoms with Crippen LogP contribution in [-0.4, -0.2) is 55.0 Å². The van der Waals surface area contributed by atoms with Crippen LogP contribution in [0.1, 0.15) is 25.7 Å². The van der Waals surface area contributed by atoms with Crippen molar-refractivity contribution in [3.63, 3.8) is 0 Å². The highest BCUT2D eigenvalue weighted by atomic mass is 79.9. The summed E-state index contributed by atoms with van der Waals surface area (Å²) >= 11 is 8.96. The molecule has 1 aromatic rings. The third kappa shape index (κ3) is 3.66. The van der Waals surface area contributed by atoms with Gasteiger partial charge in [-0.05, 0) is 61.5 Å². The van der Waals surface area contributed by atoms with Crippen molar-refractivity contribution in [2.24, 2.45) is 11.8 Å². The van der Waals surface area contributed by atoms with Gasteiger partial charge < -0.3 is 10.2 Å². The zero-order valence-electron chi connectivity index (χ0n) is 14.6. The summed E-state index contributed by atoms with van der Waals surface area (Å²) in [4.78, 5) is 2.46. The SMILES string of the molecule is O=S(=O)(c1cccc(Br)c1)N1CCN(C(=S)NC2CC3CCC2C3)CC1. The molecule has 3 fully saturated rings. The van der Waals surface area contributed by atoms with Crippen molar-refractivity contribution < 1.29 is 8.42 Å². The number of rotatable bonds is 3. The number of hydrogen-bond acceptors (Lipinski definition) is 3. The minimum atomic E-state index is -3.45. The van der Waals surface area contributed by atoms with Crippen molar-refractivity contribution in [2.75, 3.05) is 26.2 Å². The van der Waals surface area contributed by atoms with Gasteiger partial charge in [0.25, 0.3) is 0 Å². The maximum atomic E-state index is 12.8. The fourth-order valence-electron chi connectivity index (χ4n) is 4.58. The summed E-state index contributed by atoms with van der Waals surface area (Å²) in [6, 6.07) is 7.40. The summed E-state index contributed by atoms with van der Waals surface area (Å²) in [6.07, 6.45) is 5.28. The Morgan fingerprint density at radius 1 is 1.15 bits per heavy atom. The first-order valence-corrected chi connectivity index (χ1v) is 11.9. The maximum Gasteiger partial charge on any atom is 0.243 e. The monoisotopic (exact) mass is 457 g/mol. The van der Waals surface area contributed by atoms with E-state index in [1.807, 2.05) is 6.07 Å². The summed E-state index contributed by atoms with van der Waals surface area (Å²) in [5.41, 5.74) is 0. The topological polar surface area (TPSA) is 52.7 Å². The van der Waals surface area contributed by atoms with E-state index in [2.05, 4.69) is 26.1 Å². The number of thiocarbonyl (C=S) groups is 1. The third-order valence-electron chi connectivity index (χ3n) is 6.01. The molecule has 1 N–H and O–H groups in total. The molecular weight excluding hydrogens is 434 g/mol. The van der Waals surface area contributed by atoms with E-state index in [1.165, 1.54) is 25.7 Å². The van der Waals surface area contributed by atoms with Gasteiger partial charge in [-0.2, -0.15) is 4.31 Å². The van der Waals surface area contributed by atoms with Crippen LogP contribution in [0.5, 0.6) is 0 Å². The van der Waals surface area contributed by atoms with E-state index < -0.39 is 10.0 Å². The lowest BCUT2D eigenvalue weighted by molar-refractivity contribution is 0.258. The first-order chi connectivity index (χ1) is 12.4. The summed E-state index contributed by atoms with van der Waals surface area (Å²) in [7, 11) is -3.45. The van der Waals surface area contributed by atoms with Crippen LogP contribution in [-0.2, 0) is 10.0 Å². The molecule has 2 bridgehead atoms. The van der Waals surface area contributed by atoms with E-state index in [0.29, 0.717) is 37.1 Å². The molecule has 1 aliphatic heterocycles. The zero-order valence-corrected chi connectivity index (χ0v) is 17.8. The molecule has 8 heteroatoms. The minimum Gasteiger partial charge on any atom is -0.360 e. The Labute approximate surface area is 169 Å². The highest BCUT2D eigenvalue weighted by molar-refractivity contribution is 9.10. The molecule has 0 aromatic heterocycles. The number of halogens is 1. The molecule has 0 amide bonds. The Morgan fingerprint density at radius 2 is 1.92 bits per heavy atom. The van der Waals surface area contributed by atoms with Crippen molar-refractivity contribution in [1.82, 2.24) is 14.5 Å². The average Bonchev–Trinajstić information content (AvgIpc) is 3.25. The second-order valence-corrected chi connectivity index (χ2v) is 10.8. The van der Waals surface area contributed by atoms with Gasteiger partial charge in [-0.15, -0.1) is 0 Å². The van der Waals surface area contributed by atoms with Crippen LogP contribution >= 0.6 is 28.1 Å². The first kappa shape index (κ1) is 18.7. The van der Waals surface area contributed by atoms with E-state index in [-0.39, 0.29) is 0 Å². The lowest BCUT2D eigenvalue weighted by atomic mass is 9.95. The predicted octanol–water partition coefficient (Wildman–Crippen LogP) is 2.82. The molecule has 142 valence electrons. The summed E-state index contributed by atoms with van der Waals surface area (Å²) in [6.45, 7) is 2.21. The first-order valence-electron chi connectivity index (χ1n) is 9.24. The largest absolute Gasteiger partial charge is 0.360 e. The molecule has 4 rings (SSSR count). The number of benzene rings is 1. The molecular formula is C18H24BrN3O2S2. The van der Waals surface area contributed by atoms with Crippen LogP contribution in [0.3, 0.4) is 0 Å². The van der Waals surface area contributed by atoms with Crippen molar-refractivity contribution in [1.29, 1.82) is 0 Å². The third-order valence-corrected chi connectivity index (χ3v) is 8.77. The second kappa shape index (κ2) is 7.37. The number of nitrogens with zero attached hydrogens (tertiary/aromatic N) is 2. The van der Waals surface area contributed by atoms with Crippen LogP contribution in [0, 0.1) is 11.8 Å². The smallest absolute Gasteiger partial charge is 0.243 e. The van der Waals surface area contributed by atoms with Crippen molar-refractivity contribution in [3.05, 3.63) is 28.7 Å². The molecule has 5 nitrogen and oxygen atoms in total. The van der Waals surface area contributed by atoms with Gasteiger partial charge in [0.2, 0.25) is 10.0 Å². The zero-order chi connectivity index (χ0) is 18.3. The number of piperazine rings is 1. The summed E-state index contributed by atoms with van der Waals surface area (Å²) < 4.78 is 28.0. The van der Waals surface area contributed by atoms with E-state index in [0.717, 1.165) is 21.4 Å². The van der Waals surface area contributed by atoms with E-state index >= 15 is 0 Å². The number of fused-ring (bicyclic) bond motifs is 2. The molecule has 1 heterocycles. The predicted molar refractivity (Wildman–Crippen MR) is 109 cm³/mol.